The molecule has 9 heavy (non-hydrogen) atoms. The van der Waals surface area contributed by atoms with E-state index in [9.17, 15) is 0 Å². The molecule has 50 valence electrons. The molecule has 0 bridgehead atoms. The minimum absolute atomic E-state index is 0.280. The molecule has 1 unspecified atom stereocenters. The van der Waals surface area contributed by atoms with E-state index in [1.807, 2.05) is 6.92 Å². The van der Waals surface area contributed by atoms with E-state index < -0.39 is 0 Å². The van der Waals surface area contributed by atoms with Crippen LogP contribution in [-0.2, 0) is 0 Å². The van der Waals surface area contributed by atoms with E-state index in [0.717, 1.165) is 11.3 Å². The Hall–Kier alpha value is -0.440. The first kappa shape index (κ1) is 6.68. The van der Waals surface area contributed by atoms with Crippen LogP contribution >= 0.6 is 12.2 Å². The Balaban J connectivity index is 2.42. The number of nitrogens with two attached hydrogens (primary N) is 1. The molecule has 1 aliphatic rings. The highest BCUT2D eigenvalue weighted by atomic mass is 32.1. The largest absolute Gasteiger partial charge is 0.387 e. The first-order chi connectivity index (χ1) is 4.13. The Labute approximate surface area is 59.9 Å². The molecule has 3 heteroatoms. The second kappa shape index (κ2) is 2.06. The van der Waals surface area contributed by atoms with Gasteiger partial charge in [0, 0.05) is 11.8 Å². The highest BCUT2D eigenvalue weighted by Gasteiger charge is 2.40. The zero-order valence-corrected chi connectivity index (χ0v) is 6.16. The average molecular weight is 142 g/mol. The van der Waals surface area contributed by atoms with Crippen molar-refractivity contribution in [2.45, 2.75) is 13.3 Å². The van der Waals surface area contributed by atoms with Crippen molar-refractivity contribution in [1.29, 1.82) is 5.41 Å². The Bertz CT molecular complexity index is 146. The van der Waals surface area contributed by atoms with Crippen LogP contribution in [0.15, 0.2) is 0 Å². The Kier molecular flexibility index (Phi) is 1.53. The lowest BCUT2D eigenvalue weighted by Gasteiger charge is -1.92. The van der Waals surface area contributed by atoms with Gasteiger partial charge in [-0.05, 0) is 18.2 Å². The molecule has 2 nitrogen and oxygen atoms in total. The van der Waals surface area contributed by atoms with Crippen molar-refractivity contribution in [2.24, 2.45) is 17.6 Å². The van der Waals surface area contributed by atoms with Crippen LogP contribution in [0.5, 0.6) is 0 Å². The molecule has 0 radical (unpaired) electrons. The van der Waals surface area contributed by atoms with Gasteiger partial charge in [0.2, 0.25) is 0 Å². The maximum absolute atomic E-state index is 7.05. The third-order valence-electron chi connectivity index (χ3n) is 1.71. The van der Waals surface area contributed by atoms with Gasteiger partial charge in [-0.1, -0.05) is 12.2 Å². The van der Waals surface area contributed by atoms with E-state index >= 15 is 0 Å². The van der Waals surface area contributed by atoms with Crippen molar-refractivity contribution < 1.29 is 0 Å². The summed E-state index contributed by atoms with van der Waals surface area (Å²) >= 11 is 4.93. The zero-order valence-electron chi connectivity index (χ0n) is 5.35. The van der Waals surface area contributed by atoms with Crippen LogP contribution in [0.4, 0.5) is 0 Å². The molecule has 2 atom stereocenters. The van der Waals surface area contributed by atoms with Crippen LogP contribution in [0.1, 0.15) is 13.3 Å². The van der Waals surface area contributed by atoms with Crippen LogP contribution in [0.25, 0.3) is 0 Å². The maximum Gasteiger partial charge on any atom is 0.0943 e. The summed E-state index contributed by atoms with van der Waals surface area (Å²) in [6.07, 6.45) is 1.00. The standard InChI is InChI=1S/C6H10N2S/c1-3(9)4-2-5(4)6(7)8/h4-5H,2H2,1H3,(H3,7,8)/t4?,5-/m1/s1. The third kappa shape index (κ3) is 1.27. The Morgan fingerprint density at radius 3 is 2.33 bits per heavy atom. The summed E-state index contributed by atoms with van der Waals surface area (Å²) in [5.74, 6) is 1.02. The van der Waals surface area contributed by atoms with Gasteiger partial charge in [0.15, 0.2) is 0 Å². The summed E-state index contributed by atoms with van der Waals surface area (Å²) < 4.78 is 0. The summed E-state index contributed by atoms with van der Waals surface area (Å²) in [6.45, 7) is 1.92. The van der Waals surface area contributed by atoms with Gasteiger partial charge in [0.1, 0.15) is 0 Å². The van der Waals surface area contributed by atoms with Gasteiger partial charge in [-0.25, -0.2) is 0 Å². The molecule has 0 amide bonds. The summed E-state index contributed by atoms with van der Waals surface area (Å²) in [6, 6.07) is 0. The molecule has 1 rings (SSSR count). The molecule has 0 aliphatic heterocycles. The normalized spacial score (nSPS) is 31.7. The Morgan fingerprint density at radius 1 is 1.67 bits per heavy atom. The van der Waals surface area contributed by atoms with Gasteiger partial charge >= 0.3 is 0 Å². The van der Waals surface area contributed by atoms with Crippen molar-refractivity contribution in [3.05, 3.63) is 0 Å². The van der Waals surface area contributed by atoms with Crippen molar-refractivity contribution in [3.63, 3.8) is 0 Å². The molecule has 0 saturated heterocycles. The molecular formula is C6H10N2S. The number of hydrogen-bond donors (Lipinski definition) is 2. The SMILES string of the molecule is CC(=S)C1C[C@H]1C(=N)N. The molecule has 0 aromatic rings. The van der Waals surface area contributed by atoms with Gasteiger partial charge in [0.05, 0.1) is 5.84 Å². The minimum atomic E-state index is 0.280. The fraction of sp³-hybridized carbons (Fsp3) is 0.667. The second-order valence-corrected chi connectivity index (χ2v) is 3.16. The lowest BCUT2D eigenvalue weighted by Crippen LogP contribution is -2.14. The van der Waals surface area contributed by atoms with Crippen molar-refractivity contribution in [3.8, 4) is 0 Å². The van der Waals surface area contributed by atoms with Crippen LogP contribution in [0.2, 0.25) is 0 Å². The lowest BCUT2D eigenvalue weighted by molar-refractivity contribution is 1.06. The Morgan fingerprint density at radius 2 is 2.22 bits per heavy atom. The van der Waals surface area contributed by atoms with E-state index in [-0.39, 0.29) is 5.92 Å². The maximum atomic E-state index is 7.05. The van der Waals surface area contributed by atoms with Crippen LogP contribution < -0.4 is 5.73 Å². The lowest BCUT2D eigenvalue weighted by atomic mass is 10.2. The number of thiocarbonyl (C=S) groups is 1. The minimum Gasteiger partial charge on any atom is -0.387 e. The first-order valence-corrected chi connectivity index (χ1v) is 3.38. The van der Waals surface area contributed by atoms with Gasteiger partial charge < -0.3 is 5.73 Å². The van der Waals surface area contributed by atoms with Crippen LogP contribution in [0.3, 0.4) is 0 Å². The van der Waals surface area contributed by atoms with E-state index in [0.29, 0.717) is 11.8 Å². The smallest absolute Gasteiger partial charge is 0.0943 e. The molecule has 1 aliphatic carbocycles. The molecular weight excluding hydrogens is 132 g/mol. The average Bonchev–Trinajstić information content (AvgIpc) is 2.39. The topological polar surface area (TPSA) is 49.9 Å². The number of rotatable bonds is 2. The van der Waals surface area contributed by atoms with E-state index in [1.165, 1.54) is 0 Å². The van der Waals surface area contributed by atoms with Crippen molar-refractivity contribution in [1.82, 2.24) is 0 Å². The van der Waals surface area contributed by atoms with Gasteiger partial charge in [0.25, 0.3) is 0 Å². The number of nitrogens with one attached hydrogen (secondary N) is 1. The van der Waals surface area contributed by atoms with E-state index in [1.54, 1.807) is 0 Å². The van der Waals surface area contributed by atoms with Gasteiger partial charge in [-0.3, -0.25) is 5.41 Å². The van der Waals surface area contributed by atoms with Crippen molar-refractivity contribution >= 4 is 22.9 Å². The summed E-state index contributed by atoms with van der Waals surface area (Å²) in [5, 5.41) is 7.05. The third-order valence-corrected chi connectivity index (χ3v) is 2.01. The fourth-order valence-corrected chi connectivity index (χ4v) is 1.25. The highest BCUT2D eigenvalue weighted by Crippen LogP contribution is 2.39. The number of hydrogen-bond acceptors (Lipinski definition) is 2. The molecule has 0 heterocycles. The molecule has 0 aromatic heterocycles. The van der Waals surface area contributed by atoms with E-state index in [2.05, 4.69) is 0 Å². The highest BCUT2D eigenvalue weighted by molar-refractivity contribution is 7.80. The molecule has 1 fully saturated rings. The summed E-state index contributed by atoms with van der Waals surface area (Å²) in [4.78, 5) is 0.996. The first-order valence-electron chi connectivity index (χ1n) is 2.97. The number of amidine groups is 1. The molecule has 1 saturated carbocycles. The summed E-state index contributed by atoms with van der Waals surface area (Å²) in [5.41, 5.74) is 5.25. The van der Waals surface area contributed by atoms with Crippen LogP contribution in [0, 0.1) is 17.2 Å². The summed E-state index contributed by atoms with van der Waals surface area (Å²) in [7, 11) is 0. The zero-order chi connectivity index (χ0) is 7.02. The second-order valence-electron chi connectivity index (χ2n) is 2.51. The fourth-order valence-electron chi connectivity index (χ4n) is 0.988. The van der Waals surface area contributed by atoms with Gasteiger partial charge in [-0.2, -0.15) is 0 Å². The van der Waals surface area contributed by atoms with E-state index in [4.69, 9.17) is 23.4 Å². The molecule has 0 aromatic carbocycles. The molecule has 0 spiro atoms. The monoisotopic (exact) mass is 142 g/mol. The quantitative estimate of drug-likeness (QED) is 0.342. The van der Waals surface area contributed by atoms with Crippen LogP contribution in [-0.4, -0.2) is 10.7 Å². The molecule has 3 N–H and O–H groups in total. The van der Waals surface area contributed by atoms with Crippen molar-refractivity contribution in [2.75, 3.05) is 0 Å². The predicted molar refractivity (Wildman–Crippen MR) is 41.8 cm³/mol. The van der Waals surface area contributed by atoms with Gasteiger partial charge in [-0.15, -0.1) is 0 Å². The predicted octanol–water partition coefficient (Wildman–Crippen LogP) is 0.948.